The summed E-state index contributed by atoms with van der Waals surface area (Å²) in [4.78, 5) is 26.4. The van der Waals surface area contributed by atoms with Gasteiger partial charge in [-0.2, -0.15) is 0 Å². The predicted molar refractivity (Wildman–Crippen MR) is 84.2 cm³/mol. The van der Waals surface area contributed by atoms with E-state index in [2.05, 4.69) is 0 Å². The molecular formula is C18H17NO3. The fourth-order valence-corrected chi connectivity index (χ4v) is 2.78. The molecule has 4 heteroatoms. The number of nitrogens with zero attached hydrogens (tertiary/aromatic N) is 1. The average Bonchev–Trinajstić information content (AvgIpc) is 2.59. The van der Waals surface area contributed by atoms with Crippen molar-refractivity contribution >= 4 is 17.4 Å². The molecule has 0 saturated carbocycles. The van der Waals surface area contributed by atoms with Crippen molar-refractivity contribution < 1.29 is 14.3 Å². The van der Waals surface area contributed by atoms with Gasteiger partial charge < -0.3 is 9.64 Å². The summed E-state index contributed by atoms with van der Waals surface area (Å²) in [5.74, 6) is 0.369. The minimum atomic E-state index is -0.441. The van der Waals surface area contributed by atoms with Crippen LogP contribution in [0.15, 0.2) is 54.6 Å². The number of rotatable bonds is 4. The van der Waals surface area contributed by atoms with E-state index < -0.39 is 6.04 Å². The van der Waals surface area contributed by atoms with E-state index >= 15 is 0 Å². The molecule has 112 valence electrons. The largest absolute Gasteiger partial charge is 0.497 e. The van der Waals surface area contributed by atoms with E-state index in [0.29, 0.717) is 5.56 Å². The maximum absolute atomic E-state index is 12.7. The van der Waals surface area contributed by atoms with Crippen LogP contribution >= 0.6 is 0 Å². The second kappa shape index (κ2) is 5.64. The second-order valence-corrected chi connectivity index (χ2v) is 5.37. The van der Waals surface area contributed by atoms with E-state index in [-0.39, 0.29) is 17.6 Å². The first-order valence-corrected chi connectivity index (χ1v) is 7.20. The van der Waals surface area contributed by atoms with E-state index in [4.69, 9.17) is 4.74 Å². The standard InChI is InChI=1S/C18H17NO3/c1-12-16(17(20)13-6-4-3-5-7-13)19(18(12)21)14-8-10-15(22-2)11-9-14/h3-12,16H,1-2H3/t12-,16-/m0/s1. The van der Waals surface area contributed by atoms with E-state index in [1.807, 2.05) is 18.2 Å². The molecule has 0 bridgehead atoms. The third-order valence-corrected chi connectivity index (χ3v) is 4.06. The molecule has 1 aliphatic heterocycles. The van der Waals surface area contributed by atoms with Crippen molar-refractivity contribution in [2.75, 3.05) is 12.0 Å². The van der Waals surface area contributed by atoms with Crippen LogP contribution in [0, 0.1) is 5.92 Å². The first-order valence-electron chi connectivity index (χ1n) is 7.20. The third-order valence-electron chi connectivity index (χ3n) is 4.06. The number of benzene rings is 2. The van der Waals surface area contributed by atoms with Crippen LogP contribution in [0.2, 0.25) is 0 Å². The Morgan fingerprint density at radius 3 is 2.27 bits per heavy atom. The number of Topliss-reactive ketones (excluding diaryl/α,β-unsaturated/α-hetero) is 1. The summed E-state index contributed by atoms with van der Waals surface area (Å²) in [6.45, 7) is 1.80. The normalized spacial score (nSPS) is 20.5. The topological polar surface area (TPSA) is 46.6 Å². The van der Waals surface area contributed by atoms with Crippen LogP contribution in [0.1, 0.15) is 17.3 Å². The Balaban J connectivity index is 1.89. The zero-order valence-electron chi connectivity index (χ0n) is 12.5. The molecule has 1 aliphatic rings. The summed E-state index contributed by atoms with van der Waals surface area (Å²) < 4.78 is 5.12. The first kappa shape index (κ1) is 14.3. The summed E-state index contributed by atoms with van der Waals surface area (Å²) in [7, 11) is 1.59. The van der Waals surface area contributed by atoms with Gasteiger partial charge in [0.15, 0.2) is 5.78 Å². The molecule has 1 fully saturated rings. The number of carbonyl (C=O) groups excluding carboxylic acids is 2. The highest BCUT2D eigenvalue weighted by molar-refractivity contribution is 6.16. The van der Waals surface area contributed by atoms with Crippen molar-refractivity contribution in [1.29, 1.82) is 0 Å². The molecular weight excluding hydrogens is 278 g/mol. The number of hydrogen-bond acceptors (Lipinski definition) is 3. The highest BCUT2D eigenvalue weighted by Gasteiger charge is 2.49. The molecule has 4 nitrogen and oxygen atoms in total. The highest BCUT2D eigenvalue weighted by Crippen LogP contribution is 2.35. The van der Waals surface area contributed by atoms with Crippen molar-refractivity contribution in [2.24, 2.45) is 5.92 Å². The van der Waals surface area contributed by atoms with Gasteiger partial charge in [0.05, 0.1) is 13.0 Å². The first-order chi connectivity index (χ1) is 10.6. The number of methoxy groups -OCH3 is 1. The van der Waals surface area contributed by atoms with Gasteiger partial charge in [0, 0.05) is 11.3 Å². The number of β-lactam (4-membered cyclic amide) rings is 1. The number of anilines is 1. The number of amides is 1. The van der Waals surface area contributed by atoms with Crippen LogP contribution in [-0.2, 0) is 4.79 Å². The van der Waals surface area contributed by atoms with Crippen molar-refractivity contribution in [3.05, 3.63) is 60.2 Å². The third kappa shape index (κ3) is 2.26. The van der Waals surface area contributed by atoms with E-state index in [1.54, 1.807) is 55.3 Å². The number of ketones is 1. The molecule has 1 saturated heterocycles. The van der Waals surface area contributed by atoms with Crippen molar-refractivity contribution in [3.8, 4) is 5.75 Å². The van der Waals surface area contributed by atoms with Gasteiger partial charge in [-0.1, -0.05) is 37.3 Å². The lowest BCUT2D eigenvalue weighted by atomic mass is 9.83. The van der Waals surface area contributed by atoms with Gasteiger partial charge >= 0.3 is 0 Å². The van der Waals surface area contributed by atoms with Gasteiger partial charge in [0.2, 0.25) is 5.91 Å². The van der Waals surface area contributed by atoms with Crippen LogP contribution in [0.3, 0.4) is 0 Å². The zero-order chi connectivity index (χ0) is 15.7. The molecule has 0 spiro atoms. The highest BCUT2D eigenvalue weighted by atomic mass is 16.5. The van der Waals surface area contributed by atoms with Crippen molar-refractivity contribution in [3.63, 3.8) is 0 Å². The lowest BCUT2D eigenvalue weighted by molar-refractivity contribution is -0.128. The minimum Gasteiger partial charge on any atom is -0.497 e. The molecule has 0 aromatic heterocycles. The van der Waals surface area contributed by atoms with Crippen LogP contribution in [0.25, 0.3) is 0 Å². The fraction of sp³-hybridized carbons (Fsp3) is 0.222. The molecule has 2 atom stereocenters. The Morgan fingerprint density at radius 1 is 1.05 bits per heavy atom. The van der Waals surface area contributed by atoms with Crippen molar-refractivity contribution in [1.82, 2.24) is 0 Å². The summed E-state index contributed by atoms with van der Waals surface area (Å²) >= 11 is 0. The van der Waals surface area contributed by atoms with E-state index in [0.717, 1.165) is 11.4 Å². The number of hydrogen-bond donors (Lipinski definition) is 0. The Hall–Kier alpha value is -2.62. The molecule has 0 radical (unpaired) electrons. The molecule has 0 N–H and O–H groups in total. The summed E-state index contributed by atoms with van der Waals surface area (Å²) in [5, 5.41) is 0. The van der Waals surface area contributed by atoms with Gasteiger partial charge in [-0.05, 0) is 24.3 Å². The minimum absolute atomic E-state index is 0.0245. The Labute approximate surface area is 129 Å². The van der Waals surface area contributed by atoms with E-state index in [9.17, 15) is 9.59 Å². The smallest absolute Gasteiger partial charge is 0.233 e. The molecule has 1 amide bonds. The molecule has 2 aromatic carbocycles. The molecule has 22 heavy (non-hydrogen) atoms. The quantitative estimate of drug-likeness (QED) is 0.643. The summed E-state index contributed by atoms with van der Waals surface area (Å²) in [6, 6.07) is 15.8. The van der Waals surface area contributed by atoms with Crippen LogP contribution in [0.5, 0.6) is 5.75 Å². The molecule has 0 aliphatic carbocycles. The van der Waals surface area contributed by atoms with Gasteiger partial charge in [-0.25, -0.2) is 0 Å². The Bertz CT molecular complexity index is 694. The zero-order valence-corrected chi connectivity index (χ0v) is 12.5. The van der Waals surface area contributed by atoms with E-state index in [1.165, 1.54) is 0 Å². The number of ether oxygens (including phenoxy) is 1. The number of carbonyl (C=O) groups is 2. The summed E-state index contributed by atoms with van der Waals surface area (Å²) in [6.07, 6.45) is 0. The Morgan fingerprint density at radius 2 is 1.68 bits per heavy atom. The van der Waals surface area contributed by atoms with Gasteiger partial charge in [0.1, 0.15) is 11.8 Å². The summed E-state index contributed by atoms with van der Waals surface area (Å²) in [5.41, 5.74) is 1.35. The second-order valence-electron chi connectivity index (χ2n) is 5.37. The fourth-order valence-electron chi connectivity index (χ4n) is 2.78. The van der Waals surface area contributed by atoms with Crippen LogP contribution < -0.4 is 9.64 Å². The van der Waals surface area contributed by atoms with Crippen LogP contribution in [0.4, 0.5) is 5.69 Å². The molecule has 1 heterocycles. The molecule has 3 rings (SSSR count). The lowest BCUT2D eigenvalue weighted by Gasteiger charge is -2.44. The SMILES string of the molecule is COc1ccc(N2C(=O)[C@@H](C)[C@H]2C(=O)c2ccccc2)cc1. The maximum Gasteiger partial charge on any atom is 0.233 e. The van der Waals surface area contributed by atoms with Gasteiger partial charge in [-0.3, -0.25) is 9.59 Å². The van der Waals surface area contributed by atoms with Crippen molar-refractivity contribution in [2.45, 2.75) is 13.0 Å². The lowest BCUT2D eigenvalue weighted by Crippen LogP contribution is -2.63. The Kier molecular flexibility index (Phi) is 3.67. The van der Waals surface area contributed by atoms with Crippen LogP contribution in [-0.4, -0.2) is 24.8 Å². The predicted octanol–water partition coefficient (Wildman–Crippen LogP) is 2.93. The molecule has 0 unspecified atom stereocenters. The van der Waals surface area contributed by atoms with Gasteiger partial charge in [0.25, 0.3) is 0 Å². The monoisotopic (exact) mass is 295 g/mol. The molecule has 2 aromatic rings. The maximum atomic E-state index is 12.7. The van der Waals surface area contributed by atoms with Gasteiger partial charge in [-0.15, -0.1) is 0 Å². The average molecular weight is 295 g/mol.